The van der Waals surface area contributed by atoms with Gasteiger partial charge in [-0.2, -0.15) is 13.2 Å². The van der Waals surface area contributed by atoms with Gasteiger partial charge in [0.25, 0.3) is 0 Å². The van der Waals surface area contributed by atoms with Crippen LogP contribution >= 0.6 is 0 Å². The van der Waals surface area contributed by atoms with Crippen LogP contribution in [0.3, 0.4) is 0 Å². The molecule has 1 aliphatic rings. The van der Waals surface area contributed by atoms with Gasteiger partial charge in [0.2, 0.25) is 0 Å². The van der Waals surface area contributed by atoms with Gasteiger partial charge in [-0.1, -0.05) is 8.94 Å². The SMILES string of the molecule is O=S(=O)([O-])C(F)(F)F.O=S(=O)=[N+]1C=CN=C1. The molecule has 0 saturated heterocycles. The summed E-state index contributed by atoms with van der Waals surface area (Å²) in [7, 11) is -8.28. The van der Waals surface area contributed by atoms with Gasteiger partial charge < -0.3 is 4.55 Å². The molecule has 0 aromatic rings. The summed E-state index contributed by atoms with van der Waals surface area (Å²) >= 11 is 0. The molecule has 12 heteroatoms. The van der Waals surface area contributed by atoms with E-state index in [4.69, 9.17) is 13.0 Å². The van der Waals surface area contributed by atoms with Gasteiger partial charge >= 0.3 is 22.3 Å². The van der Waals surface area contributed by atoms with Crippen LogP contribution in [0.4, 0.5) is 13.2 Å². The lowest BCUT2D eigenvalue weighted by atomic mass is 11.0. The summed E-state index contributed by atoms with van der Waals surface area (Å²) < 4.78 is 79.8. The number of halogens is 3. The Hall–Kier alpha value is -1.27. The Labute approximate surface area is 89.0 Å². The number of rotatable bonds is 0. The van der Waals surface area contributed by atoms with Crippen LogP contribution in [0.5, 0.6) is 0 Å². The molecule has 1 heterocycles. The summed E-state index contributed by atoms with van der Waals surface area (Å²) in [5, 5.41) is 0. The molecule has 0 aromatic carbocycles. The molecule has 0 radical (unpaired) electrons. The van der Waals surface area contributed by atoms with Gasteiger partial charge in [-0.15, -0.1) is 8.42 Å². The lowest BCUT2D eigenvalue weighted by Gasteiger charge is -2.08. The highest BCUT2D eigenvalue weighted by Gasteiger charge is 2.36. The third-order valence-electron chi connectivity index (χ3n) is 0.936. The molecule has 7 nitrogen and oxygen atoms in total. The van der Waals surface area contributed by atoms with E-state index in [-0.39, 0.29) is 0 Å². The maximum atomic E-state index is 10.7. The Morgan fingerprint density at radius 1 is 1.31 bits per heavy atom. The summed E-state index contributed by atoms with van der Waals surface area (Å²) in [5.41, 5.74) is -5.65. The summed E-state index contributed by atoms with van der Waals surface area (Å²) in [4.78, 5) is 3.51. The molecule has 1 rings (SSSR count). The minimum absolute atomic E-state index is 0.972. The van der Waals surface area contributed by atoms with Crippen molar-refractivity contribution in [1.29, 1.82) is 0 Å². The number of hydrogen-bond donors (Lipinski definition) is 0. The van der Waals surface area contributed by atoms with Crippen molar-refractivity contribution >= 4 is 27.0 Å². The smallest absolute Gasteiger partial charge is 0.485 e. The van der Waals surface area contributed by atoms with Crippen LogP contribution in [0.1, 0.15) is 0 Å². The zero-order valence-corrected chi connectivity index (χ0v) is 8.75. The van der Waals surface area contributed by atoms with Crippen molar-refractivity contribution in [3.63, 3.8) is 0 Å². The Kier molecular flexibility index (Phi) is 4.77. The molecule has 0 amide bonds. The minimum atomic E-state index is -6.09. The molecule has 0 atom stereocenters. The number of alkyl halides is 3. The first-order chi connectivity index (χ1) is 7.05. The first-order valence-corrected chi connectivity index (χ1v) is 5.59. The van der Waals surface area contributed by atoms with E-state index in [0.29, 0.717) is 0 Å². The lowest BCUT2D eigenvalue weighted by Crippen LogP contribution is -2.21. The number of nitrogens with zero attached hydrogens (tertiary/aromatic N) is 2. The first kappa shape index (κ1) is 14.7. The summed E-state index contributed by atoms with van der Waals surface area (Å²) in [6.07, 6.45) is 3.96. The van der Waals surface area contributed by atoms with Crippen molar-refractivity contribution in [3.8, 4) is 0 Å². The molecule has 0 saturated carbocycles. The van der Waals surface area contributed by atoms with E-state index in [1.165, 1.54) is 18.7 Å². The third-order valence-corrected chi connectivity index (χ3v) is 2.06. The largest absolute Gasteiger partial charge is 0.741 e. The van der Waals surface area contributed by atoms with Crippen molar-refractivity contribution in [2.45, 2.75) is 5.51 Å². The zero-order chi connectivity index (χ0) is 13.0. The van der Waals surface area contributed by atoms with Crippen LogP contribution in [-0.4, -0.2) is 37.2 Å². The molecule has 16 heavy (non-hydrogen) atoms. The van der Waals surface area contributed by atoms with Crippen molar-refractivity contribution in [2.75, 3.05) is 0 Å². The second-order valence-electron chi connectivity index (χ2n) is 2.04. The van der Waals surface area contributed by atoms with E-state index in [9.17, 15) is 21.6 Å². The Balaban J connectivity index is 0.000000281. The van der Waals surface area contributed by atoms with Crippen LogP contribution in [0.15, 0.2) is 17.4 Å². The van der Waals surface area contributed by atoms with Gasteiger partial charge in [-0.3, -0.25) is 0 Å². The van der Waals surface area contributed by atoms with E-state index in [1.54, 1.807) is 0 Å². The molecule has 92 valence electrons. The normalized spacial score (nSPS) is 14.6. The maximum absolute atomic E-state index is 10.7. The van der Waals surface area contributed by atoms with Gasteiger partial charge in [0.05, 0.1) is 0 Å². The van der Waals surface area contributed by atoms with Gasteiger partial charge in [0.1, 0.15) is 0 Å². The topological polar surface area (TPSA) is 107 Å². The van der Waals surface area contributed by atoms with Crippen molar-refractivity contribution in [3.05, 3.63) is 12.4 Å². The minimum Gasteiger partial charge on any atom is -0.741 e. The Morgan fingerprint density at radius 2 is 1.75 bits per heavy atom. The molecule has 0 aliphatic carbocycles. The van der Waals surface area contributed by atoms with E-state index < -0.39 is 26.1 Å². The molecule has 0 N–H and O–H groups in total. The highest BCUT2D eigenvalue weighted by Crippen LogP contribution is 2.20. The molecule has 0 aromatic heterocycles. The van der Waals surface area contributed by atoms with E-state index in [0.717, 1.165) is 3.95 Å². The molecule has 0 spiro atoms. The standard InChI is InChI=1S/C3H3N2O2S.CHF3O3S/c6-8(7)5-2-1-4-3-5;2-1(3,4)8(5,6)7/h1-3H;(H,5,6,7)/q+1;/p-1. The molecule has 0 bridgehead atoms. The molecular weight excluding hydrogens is 277 g/mol. The average Bonchev–Trinajstić information content (AvgIpc) is 2.51. The number of aliphatic imine (C=N–C) groups is 1. The summed E-state index contributed by atoms with van der Waals surface area (Å²) in [6.45, 7) is 0. The van der Waals surface area contributed by atoms with Gasteiger partial charge in [0.15, 0.2) is 22.5 Å². The highest BCUT2D eigenvalue weighted by atomic mass is 32.2. The molecule has 1 aliphatic heterocycles. The molecule has 0 unspecified atom stereocenters. The fourth-order valence-corrected chi connectivity index (χ4v) is 0.620. The lowest BCUT2D eigenvalue weighted by molar-refractivity contribution is -0.279. The second kappa shape index (κ2) is 5.18. The first-order valence-electron chi connectivity index (χ1n) is 3.15. The Morgan fingerprint density at radius 3 is 1.88 bits per heavy atom. The Bertz CT molecular complexity index is 519. The van der Waals surface area contributed by atoms with Gasteiger partial charge in [-0.25, -0.2) is 8.42 Å². The van der Waals surface area contributed by atoms with Crippen LogP contribution in [0.25, 0.3) is 0 Å². The number of hydrogen-bond acceptors (Lipinski definition) is 6. The van der Waals surface area contributed by atoms with Crippen LogP contribution < -0.4 is 0 Å². The van der Waals surface area contributed by atoms with Crippen LogP contribution in [0, 0.1) is 0 Å². The van der Waals surface area contributed by atoms with E-state index in [2.05, 4.69) is 4.99 Å². The third kappa shape index (κ3) is 4.99. The van der Waals surface area contributed by atoms with Gasteiger partial charge in [-0.05, 0) is 0 Å². The van der Waals surface area contributed by atoms with E-state index in [1.807, 2.05) is 0 Å². The van der Waals surface area contributed by atoms with Gasteiger partial charge in [0, 0.05) is 0 Å². The van der Waals surface area contributed by atoms with Crippen molar-refractivity contribution in [1.82, 2.24) is 0 Å². The molecular formula is C4H3F3N2O5S2. The summed E-state index contributed by atoms with van der Waals surface area (Å²) in [5.74, 6) is 0. The fraction of sp³-hybridized carbons (Fsp3) is 0.250. The highest BCUT2D eigenvalue weighted by molar-refractivity contribution is 7.86. The average molecular weight is 280 g/mol. The van der Waals surface area contributed by atoms with Crippen molar-refractivity contribution in [2.24, 2.45) is 4.99 Å². The zero-order valence-electron chi connectivity index (χ0n) is 7.12. The predicted molar refractivity (Wildman–Crippen MR) is 42.6 cm³/mol. The summed E-state index contributed by atoms with van der Waals surface area (Å²) in [6, 6.07) is 0. The quantitative estimate of drug-likeness (QED) is 0.342. The van der Waals surface area contributed by atoms with Crippen molar-refractivity contribution < 1.29 is 38.5 Å². The predicted octanol–water partition coefficient (Wildman–Crippen LogP) is -0.374. The van der Waals surface area contributed by atoms with E-state index >= 15 is 0 Å². The maximum Gasteiger partial charge on any atom is 0.485 e. The second-order valence-corrected chi connectivity index (χ2v) is 4.27. The van der Waals surface area contributed by atoms with Crippen LogP contribution in [0.2, 0.25) is 0 Å². The molecule has 0 fully saturated rings. The van der Waals surface area contributed by atoms with Crippen LogP contribution in [-0.2, 0) is 20.6 Å². The monoisotopic (exact) mass is 280 g/mol. The fourth-order valence-electron chi connectivity index (χ4n) is 0.335.